The first-order chi connectivity index (χ1) is 32.2. The molecule has 6 rings (SSSR count). The molecule has 6 aromatic carbocycles. The van der Waals surface area contributed by atoms with Gasteiger partial charge in [0, 0.05) is 50.6 Å². The van der Waals surface area contributed by atoms with Gasteiger partial charge in [-0.05, 0) is 121 Å². The molecule has 8 nitrogen and oxygen atoms in total. The van der Waals surface area contributed by atoms with E-state index < -0.39 is 45.3 Å². The van der Waals surface area contributed by atoms with Gasteiger partial charge in [0.25, 0.3) is 0 Å². The first-order valence-electron chi connectivity index (χ1n) is 22.1. The maximum absolute atomic E-state index is 14.5. The predicted octanol–water partition coefficient (Wildman–Crippen LogP) is 10.2. The van der Waals surface area contributed by atoms with Crippen molar-refractivity contribution in [1.29, 1.82) is 0 Å². The van der Waals surface area contributed by atoms with Crippen LogP contribution in [0.15, 0.2) is 158 Å². The lowest BCUT2D eigenvalue weighted by Gasteiger charge is -2.21. The second-order valence-electron chi connectivity index (χ2n) is 16.2. The minimum atomic E-state index is -1.43. The third kappa shape index (κ3) is 12.1. The maximum Gasteiger partial charge on any atom is 0.330 e. The summed E-state index contributed by atoms with van der Waals surface area (Å²) in [6.45, 7) is 12.6. The number of aryl methyl sites for hydroxylation is 4. The Morgan fingerprint density at radius 1 is 0.463 bits per heavy atom. The van der Waals surface area contributed by atoms with Crippen LogP contribution < -0.4 is 21.2 Å². The van der Waals surface area contributed by atoms with Gasteiger partial charge in [-0.2, -0.15) is 0 Å². The molecule has 0 aromatic heterocycles. The van der Waals surface area contributed by atoms with Crippen molar-refractivity contribution in [1.82, 2.24) is 0 Å². The lowest BCUT2D eigenvalue weighted by atomic mass is 9.91. The Bertz CT molecular complexity index is 2770. The van der Waals surface area contributed by atoms with Gasteiger partial charge in [0.2, 0.25) is 0 Å². The smallest absolute Gasteiger partial charge is 0.330 e. The molecule has 0 fully saturated rings. The molecule has 340 valence electrons. The summed E-state index contributed by atoms with van der Waals surface area (Å²) in [6, 6.07) is 42.3. The van der Waals surface area contributed by atoms with Gasteiger partial charge < -0.3 is 9.47 Å². The average molecular weight is 929 g/mol. The number of rotatable bonds is 20. The molecule has 0 spiro atoms. The third-order valence-corrected chi connectivity index (χ3v) is 15.9. The van der Waals surface area contributed by atoms with Crippen molar-refractivity contribution in [3.05, 3.63) is 213 Å². The number of hydrogen-bond donors (Lipinski definition) is 0. The monoisotopic (exact) mass is 928 g/mol. The molecule has 0 aliphatic rings. The molecular formula is C57H54O8P2. The Morgan fingerprint density at radius 2 is 0.806 bits per heavy atom. The van der Waals surface area contributed by atoms with Crippen molar-refractivity contribution in [2.45, 2.75) is 61.0 Å². The van der Waals surface area contributed by atoms with E-state index in [2.05, 4.69) is 0 Å². The summed E-state index contributed by atoms with van der Waals surface area (Å²) < 4.78 is 11.0. The number of allylic oxidation sites excluding steroid dienone is 2. The molecule has 0 radical (unpaired) electrons. The number of hydrogen-bond acceptors (Lipinski definition) is 8. The van der Waals surface area contributed by atoms with Crippen molar-refractivity contribution in [2.75, 3.05) is 13.2 Å². The van der Waals surface area contributed by atoms with Crippen LogP contribution in [0, 0.1) is 41.5 Å². The van der Waals surface area contributed by atoms with E-state index in [9.17, 15) is 28.8 Å². The van der Waals surface area contributed by atoms with Crippen LogP contribution in [-0.2, 0) is 19.1 Å². The predicted molar refractivity (Wildman–Crippen MR) is 271 cm³/mol. The van der Waals surface area contributed by atoms with E-state index >= 15 is 0 Å². The Labute approximate surface area is 395 Å². The Balaban J connectivity index is 1.03. The molecular weight excluding hydrogens is 875 g/mol. The van der Waals surface area contributed by atoms with E-state index in [0.717, 1.165) is 44.5 Å². The van der Waals surface area contributed by atoms with Gasteiger partial charge in [0.05, 0.1) is 13.2 Å². The molecule has 0 N–H and O–H groups in total. The molecule has 6 aromatic rings. The molecule has 0 saturated heterocycles. The molecule has 0 saturated carbocycles. The van der Waals surface area contributed by atoms with Crippen LogP contribution in [0.5, 0.6) is 0 Å². The number of carbonyl (C=O) groups is 6. The maximum atomic E-state index is 14.5. The van der Waals surface area contributed by atoms with Gasteiger partial charge in [-0.25, -0.2) is 4.79 Å². The zero-order valence-corrected chi connectivity index (χ0v) is 40.7. The average Bonchev–Trinajstić information content (AvgIpc) is 3.31. The minimum absolute atomic E-state index is 0.0277. The van der Waals surface area contributed by atoms with Gasteiger partial charge in [-0.3, -0.25) is 24.0 Å². The first-order valence-corrected chi connectivity index (χ1v) is 24.8. The number of ketones is 3. The molecule has 10 heteroatoms. The standard InChI is InChI=1S/C57H54O8P2/c1-37-35-39(3)54(56(62)66(44-21-12-8-13-22-44)45-23-14-9-15-24-45)41(5)52(37)49(59)30-29-48(58)43(7)64-33-20-34-65-51(61)32-31-50(60)53-38(2)36-40(4)55(42(53)6)57(63)67(46-25-16-10-17-26-46)47-27-18-11-19-28-47/h8-19,21-32,35-36,43H,20,33-34H2,1-7H3/b30-29-,32-31-. The van der Waals surface area contributed by atoms with Crippen LogP contribution in [0.25, 0.3) is 0 Å². The summed E-state index contributed by atoms with van der Waals surface area (Å²) in [5, 5.41) is 3.64. The molecule has 1 atom stereocenters. The Morgan fingerprint density at radius 3 is 1.18 bits per heavy atom. The first kappa shape index (κ1) is 49.9. The highest BCUT2D eigenvalue weighted by molar-refractivity contribution is 7.88. The van der Waals surface area contributed by atoms with E-state index in [4.69, 9.17) is 9.47 Å². The Hall–Kier alpha value is -6.56. The number of esters is 1. The molecule has 0 bridgehead atoms. The van der Waals surface area contributed by atoms with Crippen LogP contribution in [0.1, 0.15) is 88.2 Å². The second-order valence-corrected chi connectivity index (χ2v) is 20.4. The summed E-state index contributed by atoms with van der Waals surface area (Å²) in [7, 11) is -2.86. The summed E-state index contributed by atoms with van der Waals surface area (Å²) in [4.78, 5) is 81.9. The largest absolute Gasteiger partial charge is 0.462 e. The van der Waals surface area contributed by atoms with Gasteiger partial charge in [-0.15, -0.1) is 0 Å². The van der Waals surface area contributed by atoms with Gasteiger partial charge >= 0.3 is 5.97 Å². The lowest BCUT2D eigenvalue weighted by molar-refractivity contribution is -0.138. The molecule has 0 aliphatic carbocycles. The molecule has 0 amide bonds. The normalized spacial score (nSPS) is 11.9. The number of ether oxygens (including phenoxy) is 2. The number of carbonyl (C=O) groups excluding carboxylic acids is 6. The van der Waals surface area contributed by atoms with E-state index in [1.54, 1.807) is 20.8 Å². The highest BCUT2D eigenvalue weighted by Gasteiger charge is 2.30. The summed E-state index contributed by atoms with van der Waals surface area (Å²) >= 11 is 0. The van der Waals surface area contributed by atoms with E-state index in [1.165, 1.54) is 12.2 Å². The van der Waals surface area contributed by atoms with Gasteiger partial charge in [0.15, 0.2) is 28.4 Å². The quantitative estimate of drug-likeness (QED) is 0.0244. The topological polar surface area (TPSA) is 121 Å². The van der Waals surface area contributed by atoms with E-state index in [-0.39, 0.29) is 30.7 Å². The third-order valence-electron chi connectivity index (χ3n) is 11.4. The van der Waals surface area contributed by atoms with E-state index in [0.29, 0.717) is 44.5 Å². The van der Waals surface area contributed by atoms with E-state index in [1.807, 2.05) is 161 Å². The van der Waals surface area contributed by atoms with Crippen molar-refractivity contribution >= 4 is 71.4 Å². The fourth-order valence-corrected chi connectivity index (χ4v) is 12.9. The van der Waals surface area contributed by atoms with Crippen molar-refractivity contribution in [2.24, 2.45) is 0 Å². The zero-order chi connectivity index (χ0) is 48.2. The van der Waals surface area contributed by atoms with Crippen LogP contribution in [-0.4, -0.2) is 53.7 Å². The molecule has 0 aliphatic heterocycles. The fourth-order valence-electron chi connectivity index (χ4n) is 8.31. The molecule has 0 heterocycles. The van der Waals surface area contributed by atoms with Crippen LogP contribution in [0.3, 0.4) is 0 Å². The summed E-state index contributed by atoms with van der Waals surface area (Å²) in [6.07, 6.45) is 4.03. The van der Waals surface area contributed by atoms with Gasteiger partial charge in [0.1, 0.15) is 6.10 Å². The highest BCUT2D eigenvalue weighted by Crippen LogP contribution is 2.42. The second kappa shape index (κ2) is 23.3. The molecule has 67 heavy (non-hydrogen) atoms. The van der Waals surface area contributed by atoms with Gasteiger partial charge in [-0.1, -0.05) is 133 Å². The van der Waals surface area contributed by atoms with Crippen LogP contribution >= 0.6 is 15.8 Å². The minimum Gasteiger partial charge on any atom is -0.462 e. The summed E-state index contributed by atoms with van der Waals surface area (Å²) in [5.41, 5.74) is 5.69. The van der Waals surface area contributed by atoms with Crippen molar-refractivity contribution < 1.29 is 38.2 Å². The zero-order valence-electron chi connectivity index (χ0n) is 38.9. The summed E-state index contributed by atoms with van der Waals surface area (Å²) in [5.74, 6) is -1.97. The van der Waals surface area contributed by atoms with Crippen LogP contribution in [0.2, 0.25) is 0 Å². The lowest BCUT2D eigenvalue weighted by Crippen LogP contribution is -2.21. The molecule has 1 unspecified atom stereocenters. The van der Waals surface area contributed by atoms with Crippen LogP contribution in [0.4, 0.5) is 0 Å². The SMILES string of the molecule is Cc1cc(C)c(C(=O)P(c2ccccc2)c2ccccc2)c(C)c1C(=O)/C=C\C(=O)OCCCOC(C)C(=O)/C=C\C(=O)c1c(C)cc(C)c(C(=O)P(c2ccccc2)c2ccccc2)c1C. The fraction of sp³-hybridized carbons (Fsp3) is 0.193. The van der Waals surface area contributed by atoms with Crippen molar-refractivity contribution in [3.63, 3.8) is 0 Å². The Kier molecular flexibility index (Phi) is 17.3. The highest BCUT2D eigenvalue weighted by atomic mass is 31.1. The number of benzene rings is 6. The van der Waals surface area contributed by atoms with Crippen molar-refractivity contribution in [3.8, 4) is 0 Å².